The predicted octanol–water partition coefficient (Wildman–Crippen LogP) is 2.89. The minimum Gasteiger partial charge on any atom is -0.455 e. The fraction of sp³-hybridized carbons (Fsp3) is 0.158. The van der Waals surface area contributed by atoms with Gasteiger partial charge in [0.05, 0.1) is 12.0 Å². The van der Waals surface area contributed by atoms with Crippen LogP contribution in [0.5, 0.6) is 0 Å². The van der Waals surface area contributed by atoms with E-state index in [2.05, 4.69) is 10.6 Å². The number of furan rings is 1. The van der Waals surface area contributed by atoms with Crippen molar-refractivity contribution in [2.24, 2.45) is 0 Å². The first-order chi connectivity index (χ1) is 12.0. The Balaban J connectivity index is 2.16. The zero-order valence-electron chi connectivity index (χ0n) is 13.9. The second-order valence-electron chi connectivity index (χ2n) is 5.57. The van der Waals surface area contributed by atoms with Crippen molar-refractivity contribution in [2.75, 3.05) is 14.1 Å². The first-order valence-electron chi connectivity index (χ1n) is 7.77. The van der Waals surface area contributed by atoms with Gasteiger partial charge in [-0.15, -0.1) is 0 Å². The summed E-state index contributed by atoms with van der Waals surface area (Å²) in [6.07, 6.45) is 0.217. The number of amides is 2. The molecule has 1 aromatic heterocycles. The highest BCUT2D eigenvalue weighted by molar-refractivity contribution is 6.11. The molecule has 0 fully saturated rings. The van der Waals surface area contributed by atoms with E-state index in [1.54, 1.807) is 37.4 Å². The van der Waals surface area contributed by atoms with Crippen LogP contribution in [-0.2, 0) is 11.2 Å². The van der Waals surface area contributed by atoms with Crippen LogP contribution in [0, 0.1) is 5.82 Å². The highest BCUT2D eigenvalue weighted by atomic mass is 19.1. The van der Waals surface area contributed by atoms with Crippen LogP contribution in [0.3, 0.4) is 0 Å². The van der Waals surface area contributed by atoms with Gasteiger partial charge in [-0.2, -0.15) is 0 Å². The molecular formula is C19H17FN2O3. The van der Waals surface area contributed by atoms with Gasteiger partial charge in [-0.1, -0.05) is 6.07 Å². The van der Waals surface area contributed by atoms with E-state index in [1.807, 2.05) is 0 Å². The van der Waals surface area contributed by atoms with Gasteiger partial charge in [0.2, 0.25) is 5.91 Å². The van der Waals surface area contributed by atoms with Crippen LogP contribution in [0.4, 0.5) is 4.39 Å². The number of carbonyl (C=O) groups is 2. The van der Waals surface area contributed by atoms with Gasteiger partial charge in [0.25, 0.3) is 5.91 Å². The molecule has 0 aliphatic carbocycles. The predicted molar refractivity (Wildman–Crippen MR) is 92.8 cm³/mol. The Morgan fingerprint density at radius 3 is 2.40 bits per heavy atom. The number of carbonyl (C=O) groups excluding carboxylic acids is 2. The molecule has 0 spiro atoms. The molecule has 6 heteroatoms. The number of benzene rings is 2. The number of hydrogen-bond acceptors (Lipinski definition) is 3. The molecule has 25 heavy (non-hydrogen) atoms. The summed E-state index contributed by atoms with van der Waals surface area (Å²) >= 11 is 0. The largest absolute Gasteiger partial charge is 0.455 e. The molecule has 128 valence electrons. The molecule has 1 heterocycles. The van der Waals surface area contributed by atoms with Crippen molar-refractivity contribution in [3.63, 3.8) is 0 Å². The van der Waals surface area contributed by atoms with Crippen LogP contribution >= 0.6 is 0 Å². The third kappa shape index (κ3) is 3.24. The number of halogens is 1. The lowest BCUT2D eigenvalue weighted by atomic mass is 10.0. The van der Waals surface area contributed by atoms with Crippen LogP contribution in [0.15, 0.2) is 46.9 Å². The minimum atomic E-state index is -0.366. The molecule has 0 bridgehead atoms. The van der Waals surface area contributed by atoms with Crippen LogP contribution in [0.1, 0.15) is 15.9 Å². The van der Waals surface area contributed by atoms with Gasteiger partial charge in [-0.3, -0.25) is 9.59 Å². The normalized spacial score (nSPS) is 10.7. The van der Waals surface area contributed by atoms with Crippen LogP contribution in [0.25, 0.3) is 22.3 Å². The fourth-order valence-electron chi connectivity index (χ4n) is 2.68. The van der Waals surface area contributed by atoms with Crippen LogP contribution in [0.2, 0.25) is 0 Å². The summed E-state index contributed by atoms with van der Waals surface area (Å²) in [6.45, 7) is 0. The number of nitrogens with one attached hydrogen (secondary N) is 2. The molecule has 0 radical (unpaired) electrons. The summed E-state index contributed by atoms with van der Waals surface area (Å²) in [7, 11) is 3.11. The summed E-state index contributed by atoms with van der Waals surface area (Å²) in [5.74, 6) is -0.408. The molecule has 0 saturated heterocycles. The molecule has 0 atom stereocenters. The smallest absolute Gasteiger partial charge is 0.255 e. The SMILES string of the molecule is CNC(=O)Cc1ccc2c(C(=O)NC)c(-c3ccc(F)cc3)oc2c1. The van der Waals surface area contributed by atoms with Crippen molar-refractivity contribution < 1.29 is 18.4 Å². The van der Waals surface area contributed by atoms with Gasteiger partial charge in [0.15, 0.2) is 0 Å². The number of likely N-dealkylation sites (N-methyl/N-ethyl adjacent to an activating group) is 1. The molecule has 2 aromatic carbocycles. The Kier molecular flexibility index (Phi) is 4.52. The maximum absolute atomic E-state index is 13.2. The van der Waals surface area contributed by atoms with Crippen molar-refractivity contribution in [3.05, 3.63) is 59.4 Å². The number of fused-ring (bicyclic) bond motifs is 1. The van der Waals surface area contributed by atoms with Gasteiger partial charge < -0.3 is 15.1 Å². The molecule has 3 aromatic rings. The Labute approximate surface area is 143 Å². The van der Waals surface area contributed by atoms with Gasteiger partial charge in [0, 0.05) is 25.0 Å². The zero-order valence-corrected chi connectivity index (χ0v) is 13.9. The molecule has 5 nitrogen and oxygen atoms in total. The summed E-state index contributed by atoms with van der Waals surface area (Å²) in [6, 6.07) is 11.0. The van der Waals surface area contributed by atoms with E-state index in [-0.39, 0.29) is 24.1 Å². The summed E-state index contributed by atoms with van der Waals surface area (Å²) in [4.78, 5) is 23.9. The van der Waals surface area contributed by atoms with Crippen molar-refractivity contribution in [2.45, 2.75) is 6.42 Å². The number of rotatable bonds is 4. The van der Waals surface area contributed by atoms with Crippen molar-refractivity contribution in [1.82, 2.24) is 10.6 Å². The van der Waals surface area contributed by atoms with Crippen molar-refractivity contribution >= 4 is 22.8 Å². The fourth-order valence-corrected chi connectivity index (χ4v) is 2.68. The highest BCUT2D eigenvalue weighted by Crippen LogP contribution is 2.34. The van der Waals surface area contributed by atoms with Crippen LogP contribution in [-0.4, -0.2) is 25.9 Å². The maximum Gasteiger partial charge on any atom is 0.255 e. The van der Waals surface area contributed by atoms with Gasteiger partial charge >= 0.3 is 0 Å². The van der Waals surface area contributed by atoms with Crippen LogP contribution < -0.4 is 10.6 Å². The molecule has 2 N–H and O–H groups in total. The first kappa shape index (κ1) is 16.7. The molecule has 3 rings (SSSR count). The second kappa shape index (κ2) is 6.76. The lowest BCUT2D eigenvalue weighted by Crippen LogP contribution is -2.19. The molecule has 0 aliphatic heterocycles. The summed E-state index contributed by atoms with van der Waals surface area (Å²) < 4.78 is 19.1. The van der Waals surface area contributed by atoms with Gasteiger partial charge in [-0.25, -0.2) is 4.39 Å². The first-order valence-corrected chi connectivity index (χ1v) is 7.77. The van der Waals surface area contributed by atoms with E-state index in [0.717, 1.165) is 5.56 Å². The van der Waals surface area contributed by atoms with E-state index >= 15 is 0 Å². The van der Waals surface area contributed by atoms with Gasteiger partial charge in [-0.05, 0) is 42.0 Å². The van der Waals surface area contributed by atoms with E-state index in [4.69, 9.17) is 4.42 Å². The molecule has 2 amide bonds. The van der Waals surface area contributed by atoms with Crippen molar-refractivity contribution in [3.8, 4) is 11.3 Å². The maximum atomic E-state index is 13.2. The quantitative estimate of drug-likeness (QED) is 0.767. The third-order valence-electron chi connectivity index (χ3n) is 3.96. The van der Waals surface area contributed by atoms with Crippen molar-refractivity contribution in [1.29, 1.82) is 0 Å². The monoisotopic (exact) mass is 340 g/mol. The average Bonchev–Trinajstić information content (AvgIpc) is 3.00. The lowest BCUT2D eigenvalue weighted by molar-refractivity contribution is -0.119. The van der Waals surface area contributed by atoms with E-state index < -0.39 is 0 Å². The summed E-state index contributed by atoms with van der Waals surface area (Å²) in [5.41, 5.74) is 2.26. The van der Waals surface area contributed by atoms with E-state index in [9.17, 15) is 14.0 Å². The lowest BCUT2D eigenvalue weighted by Gasteiger charge is -2.02. The standard InChI is InChI=1S/C19H17FN2O3/c1-21-16(23)10-11-3-8-14-15(9-11)25-18(17(14)19(24)22-2)12-4-6-13(20)7-5-12/h3-9H,10H2,1-2H3,(H,21,23)(H,22,24). The summed E-state index contributed by atoms with van der Waals surface area (Å²) in [5, 5.41) is 5.81. The Morgan fingerprint density at radius 1 is 1.04 bits per heavy atom. The van der Waals surface area contributed by atoms with Gasteiger partial charge in [0.1, 0.15) is 17.2 Å². The van der Waals surface area contributed by atoms with E-state index in [0.29, 0.717) is 27.9 Å². The van der Waals surface area contributed by atoms with E-state index in [1.165, 1.54) is 19.2 Å². The second-order valence-corrected chi connectivity index (χ2v) is 5.57. The Bertz CT molecular complexity index is 945. The minimum absolute atomic E-state index is 0.115. The Hall–Kier alpha value is -3.15. The molecule has 0 aliphatic rings. The molecule has 0 unspecified atom stereocenters. The Morgan fingerprint density at radius 2 is 1.76 bits per heavy atom. The highest BCUT2D eigenvalue weighted by Gasteiger charge is 2.21. The molecular weight excluding hydrogens is 323 g/mol. The third-order valence-corrected chi connectivity index (χ3v) is 3.96. The number of hydrogen-bond donors (Lipinski definition) is 2. The zero-order chi connectivity index (χ0) is 18.0. The average molecular weight is 340 g/mol. The topological polar surface area (TPSA) is 71.3 Å². The molecule has 0 saturated carbocycles.